The minimum Gasteiger partial charge on any atom is -0.349 e. The standard InChI is InChI=1S/C20H19Cl2N3O2S/c1-12-3-6-18-24-15(8-20(27)25(18)9-12)10-28-11-19(26)23-13(2)16-5-4-14(21)7-17(16)22/h3-9,13H,10-11H2,1-2H3,(H,23,26)/t13-/m0/s1. The highest BCUT2D eigenvalue weighted by atomic mass is 35.5. The van der Waals surface area contributed by atoms with Gasteiger partial charge in [0.1, 0.15) is 5.65 Å². The van der Waals surface area contributed by atoms with Crippen molar-refractivity contribution in [2.45, 2.75) is 25.6 Å². The van der Waals surface area contributed by atoms with Crippen LogP contribution >= 0.6 is 35.0 Å². The van der Waals surface area contributed by atoms with Crippen molar-refractivity contribution in [2.24, 2.45) is 0 Å². The van der Waals surface area contributed by atoms with Gasteiger partial charge in [-0.3, -0.25) is 14.0 Å². The van der Waals surface area contributed by atoms with Gasteiger partial charge in [-0.1, -0.05) is 35.3 Å². The molecule has 0 aliphatic rings. The molecule has 3 rings (SSSR count). The summed E-state index contributed by atoms with van der Waals surface area (Å²) in [7, 11) is 0. The Balaban J connectivity index is 1.57. The van der Waals surface area contributed by atoms with Crippen molar-refractivity contribution in [1.82, 2.24) is 14.7 Å². The van der Waals surface area contributed by atoms with E-state index in [4.69, 9.17) is 23.2 Å². The molecule has 0 spiro atoms. The van der Waals surface area contributed by atoms with Gasteiger partial charge in [-0.15, -0.1) is 11.8 Å². The van der Waals surface area contributed by atoms with E-state index in [0.29, 0.717) is 27.1 Å². The Morgan fingerprint density at radius 2 is 2.04 bits per heavy atom. The van der Waals surface area contributed by atoms with Crippen molar-refractivity contribution in [3.8, 4) is 0 Å². The lowest BCUT2D eigenvalue weighted by Gasteiger charge is -2.16. The molecule has 1 N–H and O–H groups in total. The molecule has 1 aromatic carbocycles. The zero-order valence-corrected chi connectivity index (χ0v) is 17.7. The summed E-state index contributed by atoms with van der Waals surface area (Å²) in [6.45, 7) is 3.79. The molecule has 0 aliphatic carbocycles. The van der Waals surface area contributed by atoms with Gasteiger partial charge in [0, 0.05) is 28.1 Å². The summed E-state index contributed by atoms with van der Waals surface area (Å²) in [4.78, 5) is 28.9. The number of pyridine rings is 1. The lowest BCUT2D eigenvalue weighted by atomic mass is 10.1. The number of fused-ring (bicyclic) bond motifs is 1. The number of carbonyl (C=O) groups is 1. The summed E-state index contributed by atoms with van der Waals surface area (Å²) in [6.07, 6.45) is 1.76. The van der Waals surface area contributed by atoms with Crippen molar-refractivity contribution in [2.75, 3.05) is 5.75 Å². The second-order valence-electron chi connectivity index (χ2n) is 6.47. The SMILES string of the molecule is Cc1ccc2nc(CSCC(=O)N[C@@H](C)c3ccc(Cl)cc3Cl)cc(=O)n2c1. The van der Waals surface area contributed by atoms with Crippen LogP contribution in [0.2, 0.25) is 10.0 Å². The Morgan fingerprint density at radius 3 is 2.79 bits per heavy atom. The van der Waals surface area contributed by atoms with Crippen molar-refractivity contribution in [1.29, 1.82) is 0 Å². The molecule has 0 saturated heterocycles. The number of nitrogens with one attached hydrogen (secondary N) is 1. The van der Waals surface area contributed by atoms with Crippen LogP contribution in [0.5, 0.6) is 0 Å². The summed E-state index contributed by atoms with van der Waals surface area (Å²) < 4.78 is 1.52. The van der Waals surface area contributed by atoms with Crippen molar-refractivity contribution >= 4 is 46.5 Å². The number of benzene rings is 1. The Hall–Kier alpha value is -2.02. The van der Waals surface area contributed by atoms with Crippen LogP contribution in [0.25, 0.3) is 5.65 Å². The molecule has 1 atom stereocenters. The Morgan fingerprint density at radius 1 is 1.25 bits per heavy atom. The third-order valence-corrected chi connectivity index (χ3v) is 5.68. The second kappa shape index (κ2) is 8.99. The maximum Gasteiger partial charge on any atom is 0.258 e. The van der Waals surface area contributed by atoms with Gasteiger partial charge in [0.15, 0.2) is 0 Å². The smallest absolute Gasteiger partial charge is 0.258 e. The molecule has 5 nitrogen and oxygen atoms in total. The minimum absolute atomic E-state index is 0.114. The van der Waals surface area contributed by atoms with E-state index in [9.17, 15) is 9.59 Å². The van der Waals surface area contributed by atoms with Crippen molar-refractivity contribution in [3.63, 3.8) is 0 Å². The monoisotopic (exact) mass is 435 g/mol. The number of amides is 1. The van der Waals surface area contributed by atoms with Gasteiger partial charge in [-0.25, -0.2) is 4.98 Å². The number of halogens is 2. The summed E-state index contributed by atoms with van der Waals surface area (Å²) in [5, 5.41) is 3.99. The average molecular weight is 436 g/mol. The first-order chi connectivity index (χ1) is 13.3. The van der Waals surface area contributed by atoms with E-state index in [-0.39, 0.29) is 23.3 Å². The molecule has 2 heterocycles. The second-order valence-corrected chi connectivity index (χ2v) is 8.30. The van der Waals surface area contributed by atoms with Gasteiger partial charge in [-0.2, -0.15) is 0 Å². The van der Waals surface area contributed by atoms with E-state index in [1.807, 2.05) is 26.0 Å². The van der Waals surface area contributed by atoms with Crippen LogP contribution in [0.3, 0.4) is 0 Å². The van der Waals surface area contributed by atoms with E-state index in [0.717, 1.165) is 11.1 Å². The van der Waals surface area contributed by atoms with Crippen molar-refractivity contribution in [3.05, 3.63) is 79.8 Å². The van der Waals surface area contributed by atoms with Gasteiger partial charge >= 0.3 is 0 Å². The van der Waals surface area contributed by atoms with Crippen LogP contribution < -0.4 is 10.9 Å². The summed E-state index contributed by atoms with van der Waals surface area (Å²) in [5.74, 6) is 0.616. The largest absolute Gasteiger partial charge is 0.349 e. The highest BCUT2D eigenvalue weighted by molar-refractivity contribution is 7.99. The molecular formula is C20H19Cl2N3O2S. The number of hydrogen-bond donors (Lipinski definition) is 1. The van der Waals surface area contributed by atoms with Crippen LogP contribution in [0.15, 0.2) is 47.4 Å². The van der Waals surface area contributed by atoms with Gasteiger partial charge in [0.2, 0.25) is 5.91 Å². The number of thioether (sulfide) groups is 1. The Kier molecular flexibility index (Phi) is 6.65. The van der Waals surface area contributed by atoms with Gasteiger partial charge < -0.3 is 5.32 Å². The number of rotatable bonds is 6. The molecule has 0 saturated carbocycles. The maximum atomic E-state index is 12.2. The molecule has 0 aliphatic heterocycles. The fourth-order valence-corrected chi connectivity index (χ4v) is 4.09. The van der Waals surface area contributed by atoms with Gasteiger partial charge in [0.05, 0.1) is 17.5 Å². The Bertz CT molecular complexity index is 1080. The number of aryl methyl sites for hydroxylation is 1. The lowest BCUT2D eigenvalue weighted by molar-refractivity contribution is -0.119. The first-order valence-corrected chi connectivity index (χ1v) is 10.6. The molecule has 0 unspecified atom stereocenters. The Labute approximate surface area is 177 Å². The first-order valence-electron chi connectivity index (χ1n) is 8.64. The molecule has 3 aromatic rings. The number of nitrogens with zero attached hydrogens (tertiary/aromatic N) is 2. The van der Waals surface area contributed by atoms with E-state index in [1.165, 1.54) is 22.2 Å². The van der Waals surface area contributed by atoms with E-state index in [1.54, 1.807) is 24.4 Å². The summed E-state index contributed by atoms with van der Waals surface area (Å²) >= 11 is 13.5. The van der Waals surface area contributed by atoms with E-state index in [2.05, 4.69) is 10.3 Å². The first kappa shape index (κ1) is 20.7. The van der Waals surface area contributed by atoms with Crippen LogP contribution in [0.1, 0.15) is 29.8 Å². The molecule has 146 valence electrons. The van der Waals surface area contributed by atoms with E-state index < -0.39 is 0 Å². The predicted octanol–water partition coefficient (Wildman–Crippen LogP) is 4.42. The topological polar surface area (TPSA) is 63.5 Å². The summed E-state index contributed by atoms with van der Waals surface area (Å²) in [5.41, 5.74) is 2.93. The zero-order chi connectivity index (χ0) is 20.3. The molecule has 0 fully saturated rings. The van der Waals surface area contributed by atoms with Gasteiger partial charge in [0.25, 0.3) is 5.56 Å². The molecule has 28 heavy (non-hydrogen) atoms. The van der Waals surface area contributed by atoms with Crippen LogP contribution in [0, 0.1) is 6.92 Å². The highest BCUT2D eigenvalue weighted by Crippen LogP contribution is 2.26. The molecular weight excluding hydrogens is 417 g/mol. The molecule has 0 bridgehead atoms. The number of carbonyl (C=O) groups excluding carboxylic acids is 1. The molecule has 2 aromatic heterocycles. The predicted molar refractivity (Wildman–Crippen MR) is 115 cm³/mol. The maximum absolute atomic E-state index is 12.2. The van der Waals surface area contributed by atoms with Crippen LogP contribution in [-0.2, 0) is 10.5 Å². The average Bonchev–Trinajstić information content (AvgIpc) is 2.62. The minimum atomic E-state index is -0.232. The third-order valence-electron chi connectivity index (χ3n) is 4.15. The fraction of sp³-hybridized carbons (Fsp3) is 0.250. The van der Waals surface area contributed by atoms with Crippen molar-refractivity contribution < 1.29 is 4.79 Å². The number of hydrogen-bond acceptors (Lipinski definition) is 4. The number of aromatic nitrogens is 2. The normalized spacial score (nSPS) is 12.1. The zero-order valence-electron chi connectivity index (χ0n) is 15.4. The molecule has 8 heteroatoms. The van der Waals surface area contributed by atoms with Crippen LogP contribution in [-0.4, -0.2) is 21.0 Å². The van der Waals surface area contributed by atoms with E-state index >= 15 is 0 Å². The molecule has 1 amide bonds. The fourth-order valence-electron chi connectivity index (χ4n) is 2.79. The lowest BCUT2D eigenvalue weighted by Crippen LogP contribution is -2.28. The highest BCUT2D eigenvalue weighted by Gasteiger charge is 2.13. The quantitative estimate of drug-likeness (QED) is 0.622. The van der Waals surface area contributed by atoms with Gasteiger partial charge in [-0.05, 0) is 43.2 Å². The third kappa shape index (κ3) is 5.07. The van der Waals surface area contributed by atoms with Crippen LogP contribution in [0.4, 0.5) is 0 Å². The summed E-state index contributed by atoms with van der Waals surface area (Å²) in [6, 6.07) is 10.2. The molecule has 0 radical (unpaired) electrons.